The number of carbonyl (C=O) groups is 1. The summed E-state index contributed by atoms with van der Waals surface area (Å²) in [5, 5.41) is 17.6. The number of nitrogens with zero attached hydrogens (tertiary/aromatic N) is 3. The minimum Gasteiger partial charge on any atom is -0.273 e. The summed E-state index contributed by atoms with van der Waals surface area (Å²) in [6.45, 7) is 5.27. The van der Waals surface area contributed by atoms with E-state index in [-0.39, 0.29) is 11.6 Å². The highest BCUT2D eigenvalue weighted by atomic mass is 35.5. The molecule has 0 N–H and O–H groups in total. The number of halogens is 1. The number of nitro groups is 1. The molecule has 0 bridgehead atoms. The Labute approximate surface area is 161 Å². The lowest BCUT2D eigenvalue weighted by Crippen LogP contribution is -2.24. The average Bonchev–Trinajstić information content (AvgIpc) is 2.76. The van der Waals surface area contributed by atoms with Crippen LogP contribution in [0.2, 0.25) is 5.02 Å². The monoisotopic (exact) mass is 383 g/mol. The lowest BCUT2D eigenvalue weighted by Gasteiger charge is -2.17. The van der Waals surface area contributed by atoms with Crippen molar-refractivity contribution in [2.24, 2.45) is 5.10 Å². The van der Waals surface area contributed by atoms with E-state index in [1.165, 1.54) is 11.1 Å². The molecule has 0 unspecified atom stereocenters. The van der Waals surface area contributed by atoms with Crippen LogP contribution >= 0.6 is 11.6 Å². The highest BCUT2D eigenvalue weighted by molar-refractivity contribution is 6.31. The zero-order valence-electron chi connectivity index (χ0n) is 15.2. The molecule has 2 aromatic rings. The lowest BCUT2D eigenvalue weighted by molar-refractivity contribution is -0.385. The van der Waals surface area contributed by atoms with Gasteiger partial charge in [-0.05, 0) is 49.8 Å². The third-order valence-electron chi connectivity index (χ3n) is 4.37. The van der Waals surface area contributed by atoms with Gasteiger partial charge in [-0.3, -0.25) is 14.9 Å². The molecule has 1 heterocycles. The number of nitro benzene ring substituents is 1. The summed E-state index contributed by atoms with van der Waals surface area (Å²) in [4.78, 5) is 23.1. The summed E-state index contributed by atoms with van der Waals surface area (Å²) in [7, 11) is 0. The van der Waals surface area contributed by atoms with Crippen molar-refractivity contribution in [1.82, 2.24) is 5.01 Å². The number of hydrazone groups is 1. The van der Waals surface area contributed by atoms with Gasteiger partial charge in [-0.2, -0.15) is 5.10 Å². The molecule has 6 nitrogen and oxygen atoms in total. The minimum atomic E-state index is -0.419. The molecule has 0 saturated heterocycles. The maximum Gasteiger partial charge on any atom is 0.272 e. The van der Waals surface area contributed by atoms with Crippen molar-refractivity contribution in [1.29, 1.82) is 0 Å². The van der Waals surface area contributed by atoms with Crippen LogP contribution in [-0.2, 0) is 4.79 Å². The van der Waals surface area contributed by atoms with Crippen molar-refractivity contribution in [2.45, 2.75) is 27.2 Å². The molecule has 1 aliphatic heterocycles. The third kappa shape index (κ3) is 3.61. The standard InChI is InChI=1S/C20H18ClN3O3/c1-4-19(25)23-13(3)10-14-5-7-16(21)11-17(14)20(22-23)15-6-8-18(24(26)27)12(2)9-15/h5-11H,4H2,1-3H3. The fourth-order valence-electron chi connectivity index (χ4n) is 3.00. The van der Waals surface area contributed by atoms with E-state index in [1.807, 2.05) is 19.1 Å². The summed E-state index contributed by atoms with van der Waals surface area (Å²) >= 11 is 6.20. The number of benzene rings is 2. The topological polar surface area (TPSA) is 75.8 Å². The average molecular weight is 384 g/mol. The molecule has 0 radical (unpaired) electrons. The second-order valence-electron chi connectivity index (χ2n) is 6.28. The molecule has 7 heteroatoms. The van der Waals surface area contributed by atoms with E-state index in [0.717, 1.165) is 11.1 Å². The first kappa shape index (κ1) is 18.8. The number of fused-ring (bicyclic) bond motifs is 1. The fraction of sp³-hybridized carbons (Fsp3) is 0.200. The maximum atomic E-state index is 12.4. The Bertz CT molecular complexity index is 1010. The fourth-order valence-corrected chi connectivity index (χ4v) is 3.17. The first-order valence-electron chi connectivity index (χ1n) is 8.47. The van der Waals surface area contributed by atoms with E-state index >= 15 is 0 Å². The Morgan fingerprint density at radius 3 is 2.59 bits per heavy atom. The molecular formula is C20H18ClN3O3. The van der Waals surface area contributed by atoms with Crippen LogP contribution in [0.3, 0.4) is 0 Å². The minimum absolute atomic E-state index is 0.0371. The van der Waals surface area contributed by atoms with Gasteiger partial charge in [0.1, 0.15) is 0 Å². The zero-order valence-corrected chi connectivity index (χ0v) is 15.9. The van der Waals surface area contributed by atoms with E-state index in [2.05, 4.69) is 5.10 Å². The van der Waals surface area contributed by atoms with E-state index in [1.54, 1.807) is 38.1 Å². The Hall–Kier alpha value is -2.99. The van der Waals surface area contributed by atoms with Gasteiger partial charge in [0.05, 0.1) is 10.6 Å². The molecule has 0 aliphatic carbocycles. The van der Waals surface area contributed by atoms with Gasteiger partial charge in [0, 0.05) is 39.9 Å². The van der Waals surface area contributed by atoms with Gasteiger partial charge in [0.15, 0.2) is 0 Å². The second-order valence-corrected chi connectivity index (χ2v) is 6.72. The van der Waals surface area contributed by atoms with Crippen LogP contribution in [0, 0.1) is 17.0 Å². The van der Waals surface area contributed by atoms with Crippen molar-refractivity contribution in [2.75, 3.05) is 0 Å². The second kappa shape index (κ2) is 7.32. The van der Waals surface area contributed by atoms with E-state index in [0.29, 0.717) is 34.0 Å². The van der Waals surface area contributed by atoms with Crippen LogP contribution in [0.15, 0.2) is 47.2 Å². The highest BCUT2D eigenvalue weighted by Gasteiger charge is 2.23. The van der Waals surface area contributed by atoms with Crippen LogP contribution in [0.25, 0.3) is 6.08 Å². The van der Waals surface area contributed by atoms with Gasteiger partial charge in [-0.25, -0.2) is 5.01 Å². The number of carbonyl (C=O) groups excluding carboxylic acids is 1. The number of rotatable bonds is 3. The van der Waals surface area contributed by atoms with E-state index in [4.69, 9.17) is 11.6 Å². The maximum absolute atomic E-state index is 12.4. The number of aryl methyl sites for hydroxylation is 1. The molecule has 0 aromatic heterocycles. The van der Waals surface area contributed by atoms with Crippen molar-refractivity contribution in [3.63, 3.8) is 0 Å². The largest absolute Gasteiger partial charge is 0.273 e. The van der Waals surface area contributed by atoms with Crippen LogP contribution < -0.4 is 0 Å². The number of amides is 1. The molecule has 3 rings (SSSR count). The third-order valence-corrected chi connectivity index (χ3v) is 4.61. The molecule has 1 amide bonds. The van der Waals surface area contributed by atoms with Crippen molar-refractivity contribution in [3.8, 4) is 0 Å². The summed E-state index contributed by atoms with van der Waals surface area (Å²) in [6, 6.07) is 10.2. The van der Waals surface area contributed by atoms with E-state index in [9.17, 15) is 14.9 Å². The van der Waals surface area contributed by atoms with Gasteiger partial charge < -0.3 is 0 Å². The van der Waals surface area contributed by atoms with Crippen molar-refractivity contribution in [3.05, 3.63) is 79.5 Å². The number of hydrogen-bond donors (Lipinski definition) is 0. The quantitative estimate of drug-likeness (QED) is 0.557. The van der Waals surface area contributed by atoms with Crippen molar-refractivity contribution >= 4 is 35.0 Å². The van der Waals surface area contributed by atoms with Crippen LogP contribution in [0.5, 0.6) is 0 Å². The molecule has 0 atom stereocenters. The summed E-state index contributed by atoms with van der Waals surface area (Å²) in [5.41, 5.74) is 4.11. The Kier molecular flexibility index (Phi) is 5.10. The molecular weight excluding hydrogens is 366 g/mol. The van der Waals surface area contributed by atoms with Gasteiger partial charge >= 0.3 is 0 Å². The normalized spacial score (nSPS) is 13.4. The van der Waals surface area contributed by atoms with Gasteiger partial charge in [-0.1, -0.05) is 24.6 Å². The number of hydrogen-bond acceptors (Lipinski definition) is 4. The lowest BCUT2D eigenvalue weighted by atomic mass is 9.96. The first-order valence-corrected chi connectivity index (χ1v) is 8.84. The molecule has 1 aliphatic rings. The zero-order chi connectivity index (χ0) is 19.7. The molecule has 0 spiro atoms. The smallest absolute Gasteiger partial charge is 0.272 e. The van der Waals surface area contributed by atoms with Gasteiger partial charge in [0.2, 0.25) is 5.91 Å². The molecule has 0 saturated carbocycles. The summed E-state index contributed by atoms with van der Waals surface area (Å²) in [6.07, 6.45) is 2.19. The Morgan fingerprint density at radius 2 is 1.96 bits per heavy atom. The Morgan fingerprint density at radius 1 is 1.22 bits per heavy atom. The first-order chi connectivity index (χ1) is 12.8. The van der Waals surface area contributed by atoms with E-state index < -0.39 is 4.92 Å². The number of allylic oxidation sites excluding steroid dienone is 1. The van der Waals surface area contributed by atoms with Crippen LogP contribution in [0.4, 0.5) is 5.69 Å². The van der Waals surface area contributed by atoms with Crippen molar-refractivity contribution < 1.29 is 9.72 Å². The molecule has 0 fully saturated rings. The summed E-state index contributed by atoms with van der Waals surface area (Å²) in [5.74, 6) is -0.140. The summed E-state index contributed by atoms with van der Waals surface area (Å²) < 4.78 is 0. The van der Waals surface area contributed by atoms with Gasteiger partial charge in [0.25, 0.3) is 5.69 Å². The predicted octanol–water partition coefficient (Wildman–Crippen LogP) is 4.92. The Balaban J connectivity index is 2.25. The van der Waals surface area contributed by atoms with Crippen LogP contribution in [-0.4, -0.2) is 21.6 Å². The van der Waals surface area contributed by atoms with Crippen LogP contribution in [0.1, 0.15) is 42.5 Å². The molecule has 138 valence electrons. The molecule has 2 aromatic carbocycles. The highest BCUT2D eigenvalue weighted by Crippen LogP contribution is 2.29. The predicted molar refractivity (Wildman–Crippen MR) is 106 cm³/mol. The SMILES string of the molecule is CCC(=O)N1N=C(c2ccc([N+](=O)[O-])c(C)c2)c2cc(Cl)ccc2C=C1C. The molecule has 27 heavy (non-hydrogen) atoms. The van der Waals surface area contributed by atoms with Gasteiger partial charge in [-0.15, -0.1) is 0 Å².